The first kappa shape index (κ1) is 15.3. The summed E-state index contributed by atoms with van der Waals surface area (Å²) in [6.45, 7) is 1.77. The van der Waals surface area contributed by atoms with Crippen molar-refractivity contribution in [3.05, 3.63) is 53.5 Å². The number of hydrogen-bond donors (Lipinski definition) is 0. The predicted molar refractivity (Wildman–Crippen MR) is 82.8 cm³/mol. The van der Waals surface area contributed by atoms with Gasteiger partial charge >= 0.3 is 0 Å². The van der Waals surface area contributed by atoms with Crippen LogP contribution in [0.3, 0.4) is 0 Å². The van der Waals surface area contributed by atoms with E-state index < -0.39 is 0 Å². The second-order valence-corrected chi connectivity index (χ2v) is 5.18. The van der Waals surface area contributed by atoms with E-state index in [1.54, 1.807) is 24.4 Å². The minimum absolute atomic E-state index is 0.171. The summed E-state index contributed by atoms with van der Waals surface area (Å²) in [7, 11) is 1.49. The molecule has 1 aromatic heterocycles. The first-order valence-corrected chi connectivity index (χ1v) is 7.28. The van der Waals surface area contributed by atoms with Gasteiger partial charge in [-0.25, -0.2) is 9.37 Å². The van der Waals surface area contributed by atoms with Gasteiger partial charge in [0.05, 0.1) is 19.4 Å². The van der Waals surface area contributed by atoms with Crippen molar-refractivity contribution in [3.63, 3.8) is 0 Å². The topological polar surface area (TPSA) is 58.4 Å². The van der Waals surface area contributed by atoms with Crippen LogP contribution in [0.15, 0.2) is 36.5 Å². The van der Waals surface area contributed by atoms with Crippen LogP contribution in [0.2, 0.25) is 0 Å². The smallest absolute Gasteiger partial charge is 0.233 e. The van der Waals surface area contributed by atoms with Crippen LogP contribution in [0.5, 0.6) is 5.88 Å². The molecule has 118 valence electrons. The number of anilines is 1. The van der Waals surface area contributed by atoms with Crippen molar-refractivity contribution in [3.8, 4) is 11.9 Å². The summed E-state index contributed by atoms with van der Waals surface area (Å²) in [5.74, 6) is 0.0434. The van der Waals surface area contributed by atoms with Crippen molar-refractivity contribution in [2.75, 3.05) is 31.7 Å². The molecule has 1 fully saturated rings. The zero-order chi connectivity index (χ0) is 16.2. The number of nitrogens with zero attached hydrogens (tertiary/aromatic N) is 3. The Morgan fingerprint density at radius 2 is 2.13 bits per heavy atom. The van der Waals surface area contributed by atoms with E-state index in [0.29, 0.717) is 31.1 Å². The fraction of sp³-hybridized carbons (Fsp3) is 0.294. The Morgan fingerprint density at radius 3 is 2.83 bits per heavy atom. The molecule has 23 heavy (non-hydrogen) atoms. The Kier molecular flexibility index (Phi) is 4.40. The normalized spacial score (nSPS) is 17.6. The molecule has 1 aliphatic heterocycles. The third kappa shape index (κ3) is 3.10. The number of rotatable bonds is 3. The first-order chi connectivity index (χ1) is 11.2. The van der Waals surface area contributed by atoms with Gasteiger partial charge in [-0.1, -0.05) is 12.1 Å². The maximum Gasteiger partial charge on any atom is 0.233 e. The molecular formula is C17H16FN3O2. The summed E-state index contributed by atoms with van der Waals surface area (Å²) in [6, 6.07) is 10.3. The molecule has 5 nitrogen and oxygen atoms in total. The van der Waals surface area contributed by atoms with Gasteiger partial charge in [0.15, 0.2) is 0 Å². The highest BCUT2D eigenvalue weighted by atomic mass is 19.1. The fourth-order valence-corrected chi connectivity index (χ4v) is 2.70. The Bertz CT molecular complexity index is 728. The molecule has 6 heteroatoms. The molecule has 0 radical (unpaired) electrons. The SMILES string of the molecule is COc1nccc(N2CCO[C@H](c3ccc(F)cc3)C2)c1C#N. The lowest BCUT2D eigenvalue weighted by Gasteiger charge is -2.35. The Labute approximate surface area is 133 Å². The van der Waals surface area contributed by atoms with Crippen LogP contribution in [0.4, 0.5) is 10.1 Å². The first-order valence-electron chi connectivity index (χ1n) is 7.28. The second-order valence-electron chi connectivity index (χ2n) is 5.18. The molecule has 1 aliphatic rings. The van der Waals surface area contributed by atoms with Crippen LogP contribution in [-0.4, -0.2) is 31.8 Å². The van der Waals surface area contributed by atoms with E-state index >= 15 is 0 Å². The van der Waals surface area contributed by atoms with Crippen LogP contribution >= 0.6 is 0 Å². The zero-order valence-electron chi connectivity index (χ0n) is 12.7. The quantitative estimate of drug-likeness (QED) is 0.872. The highest BCUT2D eigenvalue weighted by Gasteiger charge is 2.25. The maximum atomic E-state index is 13.1. The standard InChI is InChI=1S/C17H16FN3O2/c1-22-17-14(10-19)15(6-7-20-17)21-8-9-23-16(11-21)12-2-4-13(18)5-3-12/h2-7,16H,8-9,11H2,1H3/t16-/m0/s1. The van der Waals surface area contributed by atoms with Crippen molar-refractivity contribution >= 4 is 5.69 Å². The van der Waals surface area contributed by atoms with Crippen molar-refractivity contribution < 1.29 is 13.9 Å². The lowest BCUT2D eigenvalue weighted by molar-refractivity contribution is 0.0397. The molecule has 2 aromatic rings. The number of nitriles is 1. The fourth-order valence-electron chi connectivity index (χ4n) is 2.70. The number of aromatic nitrogens is 1. The van der Waals surface area contributed by atoms with Crippen LogP contribution < -0.4 is 9.64 Å². The summed E-state index contributed by atoms with van der Waals surface area (Å²) in [5.41, 5.74) is 2.10. The van der Waals surface area contributed by atoms with Crippen molar-refractivity contribution in [2.24, 2.45) is 0 Å². The van der Waals surface area contributed by atoms with Gasteiger partial charge in [0.2, 0.25) is 5.88 Å². The number of benzene rings is 1. The maximum absolute atomic E-state index is 13.1. The number of methoxy groups -OCH3 is 1. The molecule has 0 aliphatic carbocycles. The van der Waals surface area contributed by atoms with Crippen molar-refractivity contribution in [1.29, 1.82) is 5.26 Å². The molecule has 0 bridgehead atoms. The van der Waals surface area contributed by atoms with E-state index in [9.17, 15) is 9.65 Å². The number of ether oxygens (including phenoxy) is 2. The van der Waals surface area contributed by atoms with E-state index in [0.717, 1.165) is 11.3 Å². The Hall–Kier alpha value is -2.65. The Morgan fingerprint density at radius 1 is 1.35 bits per heavy atom. The molecular weight excluding hydrogens is 297 g/mol. The lowest BCUT2D eigenvalue weighted by atomic mass is 10.1. The highest BCUT2D eigenvalue weighted by Crippen LogP contribution is 2.31. The predicted octanol–water partition coefficient (Wildman–Crippen LogP) is 2.68. The summed E-state index contributed by atoms with van der Waals surface area (Å²) in [6.07, 6.45) is 1.45. The molecule has 1 atom stereocenters. The van der Waals surface area contributed by atoms with Gasteiger partial charge in [0.1, 0.15) is 23.6 Å². The van der Waals surface area contributed by atoms with Gasteiger partial charge in [-0.3, -0.25) is 0 Å². The molecule has 1 aromatic carbocycles. The molecule has 0 saturated carbocycles. The summed E-state index contributed by atoms with van der Waals surface area (Å²) in [4.78, 5) is 6.14. The van der Waals surface area contributed by atoms with Gasteiger partial charge < -0.3 is 14.4 Å². The highest BCUT2D eigenvalue weighted by molar-refractivity contribution is 5.63. The number of pyridine rings is 1. The Balaban J connectivity index is 1.87. The third-order valence-corrected chi connectivity index (χ3v) is 3.85. The van der Waals surface area contributed by atoms with Crippen molar-refractivity contribution in [2.45, 2.75) is 6.10 Å². The second kappa shape index (κ2) is 6.63. The molecule has 0 amide bonds. The molecule has 2 heterocycles. The van der Waals surface area contributed by atoms with Crippen molar-refractivity contribution in [1.82, 2.24) is 4.98 Å². The summed E-state index contributed by atoms with van der Waals surface area (Å²) >= 11 is 0. The van der Waals surface area contributed by atoms with Gasteiger partial charge in [-0.2, -0.15) is 5.26 Å². The largest absolute Gasteiger partial charge is 0.480 e. The minimum atomic E-state index is -0.271. The van der Waals surface area contributed by atoms with E-state index in [2.05, 4.69) is 16.0 Å². The van der Waals surface area contributed by atoms with E-state index in [1.165, 1.54) is 19.2 Å². The average molecular weight is 313 g/mol. The molecule has 0 unspecified atom stereocenters. The van der Waals surface area contributed by atoms with E-state index in [4.69, 9.17) is 9.47 Å². The van der Waals surface area contributed by atoms with Crippen LogP contribution in [0, 0.1) is 17.1 Å². The number of hydrogen-bond acceptors (Lipinski definition) is 5. The van der Waals surface area contributed by atoms with Crippen LogP contribution in [0.25, 0.3) is 0 Å². The van der Waals surface area contributed by atoms with Gasteiger partial charge in [-0.05, 0) is 23.8 Å². The summed E-state index contributed by atoms with van der Waals surface area (Å²) in [5, 5.41) is 9.40. The monoisotopic (exact) mass is 313 g/mol. The van der Waals surface area contributed by atoms with Gasteiger partial charge in [0.25, 0.3) is 0 Å². The number of halogens is 1. The van der Waals surface area contributed by atoms with Gasteiger partial charge in [0, 0.05) is 19.3 Å². The molecule has 1 saturated heterocycles. The minimum Gasteiger partial charge on any atom is -0.480 e. The molecule has 3 rings (SSSR count). The van der Waals surface area contributed by atoms with Crippen LogP contribution in [-0.2, 0) is 4.74 Å². The zero-order valence-corrected chi connectivity index (χ0v) is 12.7. The lowest BCUT2D eigenvalue weighted by Crippen LogP contribution is -2.38. The third-order valence-electron chi connectivity index (χ3n) is 3.85. The number of morpholine rings is 1. The molecule has 0 spiro atoms. The van der Waals surface area contributed by atoms with E-state index in [1.807, 2.05) is 0 Å². The summed E-state index contributed by atoms with van der Waals surface area (Å²) < 4.78 is 24.0. The van der Waals surface area contributed by atoms with E-state index in [-0.39, 0.29) is 11.9 Å². The van der Waals surface area contributed by atoms with Gasteiger partial charge in [-0.15, -0.1) is 0 Å². The van der Waals surface area contributed by atoms with Crippen LogP contribution in [0.1, 0.15) is 17.2 Å². The molecule has 0 N–H and O–H groups in total. The average Bonchev–Trinajstić information content (AvgIpc) is 2.61.